The average molecular weight is 766 g/mol. The Morgan fingerprint density at radius 3 is 2.45 bits per heavy atom. The van der Waals surface area contributed by atoms with Crippen LogP contribution in [-0.4, -0.2) is 49.5 Å². The molecule has 0 aliphatic carbocycles. The molecule has 3 aromatic carbocycles. The van der Waals surface area contributed by atoms with Crippen LogP contribution in [0, 0.1) is 9.49 Å². The van der Waals surface area contributed by atoms with Gasteiger partial charge in [0.1, 0.15) is 0 Å². The Morgan fingerprint density at radius 1 is 1.12 bits per heavy atom. The van der Waals surface area contributed by atoms with Gasteiger partial charge in [-0.05, 0) is 77.1 Å². The monoisotopic (exact) mass is 764 g/mol. The molecular weight excluding hydrogens is 730 g/mol. The molecular formula is C32H35BrFIN2O4Si. The molecule has 2 heterocycles. The highest BCUT2D eigenvalue weighted by atomic mass is 127. The number of ether oxygens (including phenoxy) is 1. The van der Waals surface area contributed by atoms with Crippen molar-refractivity contribution in [3.8, 4) is 0 Å². The molecule has 2 aliphatic heterocycles. The lowest BCUT2D eigenvalue weighted by Crippen LogP contribution is -2.45. The van der Waals surface area contributed by atoms with E-state index in [1.807, 2.05) is 79.7 Å². The first-order chi connectivity index (χ1) is 20.0. The summed E-state index contributed by atoms with van der Waals surface area (Å²) in [5.41, 5.74) is 1.35. The molecule has 1 saturated heterocycles. The summed E-state index contributed by atoms with van der Waals surface area (Å²) in [7, 11) is -3.43. The van der Waals surface area contributed by atoms with Gasteiger partial charge in [-0.25, -0.2) is 0 Å². The lowest BCUT2D eigenvalue weighted by Gasteiger charge is -2.31. The fourth-order valence-electron chi connectivity index (χ4n) is 6.67. The first-order valence-electron chi connectivity index (χ1n) is 14.1. The first kappa shape index (κ1) is 31.3. The summed E-state index contributed by atoms with van der Waals surface area (Å²) in [5, 5.41) is 9.72. The van der Waals surface area contributed by atoms with Crippen molar-refractivity contribution in [2.24, 2.45) is 5.92 Å². The van der Waals surface area contributed by atoms with Gasteiger partial charge in [0.15, 0.2) is 5.60 Å². The first-order valence-corrected chi connectivity index (χ1v) is 18.9. The van der Waals surface area contributed by atoms with E-state index in [1.54, 1.807) is 22.9 Å². The highest BCUT2D eigenvalue weighted by molar-refractivity contribution is 14.1. The van der Waals surface area contributed by atoms with Crippen molar-refractivity contribution in [3.63, 3.8) is 0 Å². The van der Waals surface area contributed by atoms with E-state index in [2.05, 4.69) is 38.5 Å². The molecule has 0 bridgehead atoms. The van der Waals surface area contributed by atoms with E-state index in [9.17, 15) is 14.7 Å². The number of nitrogens with zero attached hydrogens (tertiary/aromatic N) is 2. The van der Waals surface area contributed by atoms with Crippen molar-refractivity contribution < 1.29 is 23.5 Å². The molecule has 0 radical (unpaired) electrons. The van der Waals surface area contributed by atoms with Crippen molar-refractivity contribution in [3.05, 3.63) is 97.5 Å². The van der Waals surface area contributed by atoms with Gasteiger partial charge in [0.05, 0.1) is 31.4 Å². The molecule has 1 fully saturated rings. The minimum Gasteiger partial charge on any atom is -0.395 e. The smallest absolute Gasteiger partial charge is 0.264 e. The van der Waals surface area contributed by atoms with Crippen LogP contribution in [-0.2, 0) is 33.0 Å². The molecule has 3 aromatic rings. The minimum absolute atomic E-state index is 0.0717. The normalized spacial score (nSPS) is 23.5. The van der Waals surface area contributed by atoms with E-state index >= 15 is 4.11 Å². The number of fused-ring (bicyclic) bond motifs is 2. The van der Waals surface area contributed by atoms with Crippen LogP contribution in [0.15, 0.2) is 77.3 Å². The summed E-state index contributed by atoms with van der Waals surface area (Å²) in [4.78, 5) is 31.5. The molecule has 6 nitrogen and oxygen atoms in total. The Balaban J connectivity index is 1.50. The van der Waals surface area contributed by atoms with E-state index in [-0.39, 0.29) is 31.4 Å². The molecule has 1 spiro atoms. The van der Waals surface area contributed by atoms with Gasteiger partial charge < -0.3 is 23.8 Å². The van der Waals surface area contributed by atoms with Gasteiger partial charge in [-0.2, -0.15) is 0 Å². The van der Waals surface area contributed by atoms with Crippen LogP contribution >= 0.6 is 38.5 Å². The molecule has 10 heteroatoms. The molecule has 4 atom stereocenters. The second-order valence-electron chi connectivity index (χ2n) is 11.7. The third-order valence-electron chi connectivity index (χ3n) is 8.49. The van der Waals surface area contributed by atoms with Crippen molar-refractivity contribution in [1.82, 2.24) is 4.90 Å². The number of rotatable bonds is 9. The van der Waals surface area contributed by atoms with E-state index in [1.165, 1.54) is 0 Å². The summed E-state index contributed by atoms with van der Waals surface area (Å²) in [6.07, 6.45) is -0.859. The molecule has 5 rings (SSSR count). The maximum absolute atomic E-state index is 16.2. The lowest BCUT2D eigenvalue weighted by atomic mass is 9.82. The Bertz CT molecular complexity index is 1460. The third-order valence-corrected chi connectivity index (χ3v) is 12.2. The van der Waals surface area contributed by atoms with Gasteiger partial charge in [-0.3, -0.25) is 9.59 Å². The molecule has 42 heavy (non-hydrogen) atoms. The largest absolute Gasteiger partial charge is 0.395 e. The Hall–Kier alpha value is -2.12. The fourth-order valence-corrected chi connectivity index (χ4v) is 9.88. The highest BCUT2D eigenvalue weighted by Crippen LogP contribution is 2.60. The molecule has 0 unspecified atom stereocenters. The number of hydrogen-bond donors (Lipinski definition) is 1. The fraction of sp³-hybridized carbons (Fsp3) is 0.375. The van der Waals surface area contributed by atoms with Crippen molar-refractivity contribution in [2.75, 3.05) is 18.1 Å². The number of halogens is 3. The predicted molar refractivity (Wildman–Crippen MR) is 176 cm³/mol. The summed E-state index contributed by atoms with van der Waals surface area (Å²) < 4.78 is 24.9. The summed E-state index contributed by atoms with van der Waals surface area (Å²) >= 11 is 5.82. The zero-order chi connectivity index (χ0) is 30.2. The predicted octanol–water partition coefficient (Wildman–Crippen LogP) is 6.79. The lowest BCUT2D eigenvalue weighted by molar-refractivity contribution is -0.150. The molecule has 0 aromatic heterocycles. The molecule has 0 saturated carbocycles. The molecule has 1 N–H and O–H groups in total. The summed E-state index contributed by atoms with van der Waals surface area (Å²) in [6, 6.07) is 23.3. The Labute approximate surface area is 269 Å². The Kier molecular flexibility index (Phi) is 9.30. The van der Waals surface area contributed by atoms with E-state index in [0.29, 0.717) is 18.7 Å². The molecule has 222 valence electrons. The van der Waals surface area contributed by atoms with Crippen LogP contribution in [0.3, 0.4) is 0 Å². The van der Waals surface area contributed by atoms with Crippen LogP contribution in [0.25, 0.3) is 0 Å². The van der Waals surface area contributed by atoms with Crippen LogP contribution in [0.2, 0.25) is 18.6 Å². The summed E-state index contributed by atoms with van der Waals surface area (Å²) in [5.74, 6) is -0.956. The van der Waals surface area contributed by atoms with E-state index < -0.39 is 31.6 Å². The maximum atomic E-state index is 16.2. The number of aliphatic hydroxyl groups is 1. The summed E-state index contributed by atoms with van der Waals surface area (Å²) in [6.45, 7) is 5.81. The average Bonchev–Trinajstić information content (AvgIpc) is 3.36. The van der Waals surface area contributed by atoms with Gasteiger partial charge in [0.2, 0.25) is 14.3 Å². The number of carbonyl (C=O) groups excluding carboxylic acids is 2. The van der Waals surface area contributed by atoms with Crippen molar-refractivity contribution in [1.29, 1.82) is 0 Å². The highest BCUT2D eigenvalue weighted by Gasteiger charge is 2.67. The van der Waals surface area contributed by atoms with Gasteiger partial charge in [-0.1, -0.05) is 65.3 Å². The van der Waals surface area contributed by atoms with Gasteiger partial charge in [0.25, 0.3) is 5.91 Å². The number of carbonyl (C=O) groups is 2. The quantitative estimate of drug-likeness (QED) is 0.148. The molecule has 2 amide bonds. The zero-order valence-electron chi connectivity index (χ0n) is 23.9. The molecule has 2 aliphatic rings. The second kappa shape index (κ2) is 12.5. The number of amides is 2. The van der Waals surface area contributed by atoms with Crippen LogP contribution in [0.4, 0.5) is 9.80 Å². The topological polar surface area (TPSA) is 70.1 Å². The van der Waals surface area contributed by atoms with Gasteiger partial charge in [0, 0.05) is 38.2 Å². The van der Waals surface area contributed by atoms with Crippen molar-refractivity contribution in [2.45, 2.75) is 56.8 Å². The number of anilines is 1. The SMILES string of the molecule is C[C@H]1[C@H]([Si](C)(C)F)[C@@H](CC(=O)N(CCO)Cc2ccccc2)O[C@]12C(=O)N(Cc1ccc(I)cc1)c1ccc(Br)cc12. The third kappa shape index (κ3) is 5.97. The number of aliphatic hydroxyl groups excluding tert-OH is 1. The van der Waals surface area contributed by atoms with E-state index in [0.717, 1.165) is 24.9 Å². The second-order valence-corrected chi connectivity index (χ2v) is 17.6. The van der Waals surface area contributed by atoms with Crippen LogP contribution in [0.1, 0.15) is 30.0 Å². The standard InChI is InChI=1S/C32H35BrFIN2O4Si/c1-21-30(42(2,3)34)28(18-29(39)36(15-16-38)19-22-7-5-4-6-8-22)41-32(21)26-17-24(33)11-14-27(26)37(31(32)40)20-23-9-12-25(35)13-10-23/h4-14,17,21,28,30,38H,15-16,18-20H2,1-3H3/t21-,28+,30-,32+/m0/s1. The minimum atomic E-state index is -3.43. The van der Waals surface area contributed by atoms with Gasteiger partial charge >= 0.3 is 0 Å². The van der Waals surface area contributed by atoms with Gasteiger partial charge in [-0.15, -0.1) is 0 Å². The number of hydrogen-bond acceptors (Lipinski definition) is 4. The van der Waals surface area contributed by atoms with Crippen molar-refractivity contribution >= 4 is 64.4 Å². The van der Waals surface area contributed by atoms with Crippen LogP contribution < -0.4 is 4.90 Å². The van der Waals surface area contributed by atoms with Crippen LogP contribution in [0.5, 0.6) is 0 Å². The van der Waals surface area contributed by atoms with E-state index in [4.69, 9.17) is 4.74 Å². The number of benzene rings is 3. The maximum Gasteiger partial charge on any atom is 0.264 e. The zero-order valence-corrected chi connectivity index (χ0v) is 28.6. The Morgan fingerprint density at radius 2 is 1.81 bits per heavy atom.